The molecule has 0 bridgehead atoms. The first-order chi connectivity index (χ1) is 14.0. The number of aliphatic hydroxyl groups is 1. The van der Waals surface area contributed by atoms with Crippen LogP contribution < -0.4 is 4.74 Å². The molecule has 29 heavy (non-hydrogen) atoms. The van der Waals surface area contributed by atoms with Gasteiger partial charge in [-0.3, -0.25) is 9.59 Å². The van der Waals surface area contributed by atoms with Crippen molar-refractivity contribution in [3.8, 4) is 5.75 Å². The van der Waals surface area contributed by atoms with Crippen molar-refractivity contribution in [1.82, 2.24) is 0 Å². The Morgan fingerprint density at radius 2 is 2.07 bits per heavy atom. The monoisotopic (exact) mass is 398 g/mol. The van der Waals surface area contributed by atoms with Crippen LogP contribution in [0.2, 0.25) is 0 Å². The van der Waals surface area contributed by atoms with Gasteiger partial charge in [0.05, 0.1) is 7.11 Å². The number of carbonyl (C=O) groups excluding carboxylic acids is 2. The SMILES string of the molecule is COC(=O)CCC=C=CCC1C(=O)CC(C)C1/C=C/C(O)COc1ccccc1. The smallest absolute Gasteiger partial charge is 0.305 e. The highest BCUT2D eigenvalue weighted by molar-refractivity contribution is 5.84. The fraction of sp³-hybridized carbons (Fsp3) is 0.458. The van der Waals surface area contributed by atoms with E-state index in [1.165, 1.54) is 7.11 Å². The number of hydrogen-bond acceptors (Lipinski definition) is 5. The van der Waals surface area contributed by atoms with Crippen LogP contribution in [0.15, 0.2) is 60.4 Å². The van der Waals surface area contributed by atoms with E-state index in [1.54, 1.807) is 12.2 Å². The summed E-state index contributed by atoms with van der Waals surface area (Å²) < 4.78 is 10.2. The minimum atomic E-state index is -0.729. The number of hydrogen-bond donors (Lipinski definition) is 1. The zero-order chi connectivity index (χ0) is 21.1. The first-order valence-electron chi connectivity index (χ1n) is 10.0. The topological polar surface area (TPSA) is 72.8 Å². The minimum absolute atomic E-state index is 0.0852. The van der Waals surface area contributed by atoms with E-state index in [1.807, 2.05) is 42.5 Å². The lowest BCUT2D eigenvalue weighted by Gasteiger charge is -2.17. The number of esters is 1. The Bertz CT molecular complexity index is 746. The molecular formula is C24H30O5. The summed E-state index contributed by atoms with van der Waals surface area (Å²) in [5.41, 5.74) is 3.05. The molecule has 1 aliphatic carbocycles. The van der Waals surface area contributed by atoms with Crippen LogP contribution in [0.4, 0.5) is 0 Å². The molecule has 0 aliphatic heterocycles. The van der Waals surface area contributed by atoms with Crippen LogP contribution in [0, 0.1) is 17.8 Å². The predicted octanol–water partition coefficient (Wildman–Crippen LogP) is 3.88. The van der Waals surface area contributed by atoms with Crippen molar-refractivity contribution in [3.63, 3.8) is 0 Å². The number of ether oxygens (including phenoxy) is 2. The zero-order valence-corrected chi connectivity index (χ0v) is 17.1. The summed E-state index contributed by atoms with van der Waals surface area (Å²) in [6, 6.07) is 9.35. The van der Waals surface area contributed by atoms with Gasteiger partial charge in [0.25, 0.3) is 0 Å². The van der Waals surface area contributed by atoms with Gasteiger partial charge >= 0.3 is 5.97 Å². The lowest BCUT2D eigenvalue weighted by molar-refractivity contribution is -0.140. The van der Waals surface area contributed by atoms with Crippen LogP contribution >= 0.6 is 0 Å². The van der Waals surface area contributed by atoms with Gasteiger partial charge in [0.2, 0.25) is 0 Å². The summed E-state index contributed by atoms with van der Waals surface area (Å²) in [4.78, 5) is 23.4. The molecule has 4 atom stereocenters. The van der Waals surface area contributed by atoms with E-state index in [0.29, 0.717) is 31.4 Å². The predicted molar refractivity (Wildman–Crippen MR) is 111 cm³/mol. The number of Topliss-reactive ketones (excluding diaryl/α,β-unsaturated/α-hetero) is 1. The van der Waals surface area contributed by atoms with Crippen molar-refractivity contribution in [2.24, 2.45) is 17.8 Å². The summed E-state index contributed by atoms with van der Waals surface area (Å²) in [6.07, 6.45) is 8.63. The lowest BCUT2D eigenvalue weighted by atomic mass is 9.87. The normalized spacial score (nSPS) is 22.2. The molecule has 0 heterocycles. The van der Waals surface area contributed by atoms with Crippen LogP contribution in [0.5, 0.6) is 5.75 Å². The van der Waals surface area contributed by atoms with Gasteiger partial charge in [-0.15, -0.1) is 5.73 Å². The standard InChI is InChI=1S/C24H30O5/c1-18-16-23(26)22(12-8-3-4-9-13-24(27)28-2)21(18)15-14-19(25)17-29-20-10-6-5-7-11-20/h4-8,10-11,14-15,18-19,21-22,25H,9,12-13,16-17H2,1-2H3/b15-14+. The number of para-hydroxylation sites is 1. The number of methoxy groups -OCH3 is 1. The molecule has 1 fully saturated rings. The second-order valence-electron chi connectivity index (χ2n) is 7.33. The molecule has 1 aromatic carbocycles. The van der Waals surface area contributed by atoms with E-state index in [4.69, 9.17) is 4.74 Å². The number of allylic oxidation sites excluding steroid dienone is 2. The summed E-state index contributed by atoms with van der Waals surface area (Å²) >= 11 is 0. The lowest BCUT2D eigenvalue weighted by Crippen LogP contribution is -2.18. The highest BCUT2D eigenvalue weighted by Gasteiger charge is 2.37. The fourth-order valence-corrected chi connectivity index (χ4v) is 3.49. The van der Waals surface area contributed by atoms with Crippen molar-refractivity contribution >= 4 is 11.8 Å². The third-order valence-corrected chi connectivity index (χ3v) is 5.11. The molecule has 1 N–H and O–H groups in total. The van der Waals surface area contributed by atoms with E-state index >= 15 is 0 Å². The van der Waals surface area contributed by atoms with Gasteiger partial charge in [0, 0.05) is 18.8 Å². The van der Waals surface area contributed by atoms with Crippen molar-refractivity contribution < 1.29 is 24.2 Å². The van der Waals surface area contributed by atoms with Crippen molar-refractivity contribution in [2.45, 2.75) is 38.7 Å². The minimum Gasteiger partial charge on any atom is -0.491 e. The van der Waals surface area contributed by atoms with E-state index in [-0.39, 0.29) is 36.1 Å². The molecule has 5 heteroatoms. The quantitative estimate of drug-likeness (QED) is 0.368. The van der Waals surface area contributed by atoms with Crippen LogP contribution in [0.25, 0.3) is 0 Å². The molecule has 1 aliphatic rings. The first kappa shape index (κ1) is 22.7. The fourth-order valence-electron chi connectivity index (χ4n) is 3.49. The van der Waals surface area contributed by atoms with Gasteiger partial charge in [-0.25, -0.2) is 0 Å². The van der Waals surface area contributed by atoms with Gasteiger partial charge in [-0.1, -0.05) is 37.3 Å². The second-order valence-corrected chi connectivity index (χ2v) is 7.33. The molecule has 5 nitrogen and oxygen atoms in total. The Kier molecular flexibility index (Phi) is 9.42. The van der Waals surface area contributed by atoms with Gasteiger partial charge in [-0.05, 0) is 49.0 Å². The van der Waals surface area contributed by atoms with Crippen molar-refractivity contribution in [2.75, 3.05) is 13.7 Å². The molecule has 156 valence electrons. The number of benzene rings is 1. The average molecular weight is 398 g/mol. The summed E-state index contributed by atoms with van der Waals surface area (Å²) in [5, 5.41) is 10.2. The van der Waals surface area contributed by atoms with Crippen LogP contribution in [0.1, 0.15) is 32.6 Å². The third-order valence-electron chi connectivity index (χ3n) is 5.11. The molecule has 0 saturated heterocycles. The largest absolute Gasteiger partial charge is 0.491 e. The van der Waals surface area contributed by atoms with E-state index in [9.17, 15) is 14.7 Å². The number of rotatable bonds is 10. The molecular weight excluding hydrogens is 368 g/mol. The first-order valence-corrected chi connectivity index (χ1v) is 10.0. The summed E-state index contributed by atoms with van der Waals surface area (Å²) in [5.74, 6) is 0.929. The van der Waals surface area contributed by atoms with Crippen LogP contribution in [-0.2, 0) is 14.3 Å². The molecule has 0 amide bonds. The van der Waals surface area contributed by atoms with Crippen LogP contribution in [-0.4, -0.2) is 36.7 Å². The van der Waals surface area contributed by atoms with Gasteiger partial charge in [0.15, 0.2) is 0 Å². The number of ketones is 1. The Morgan fingerprint density at radius 1 is 1.31 bits per heavy atom. The third kappa shape index (κ3) is 7.72. The van der Waals surface area contributed by atoms with E-state index in [0.717, 1.165) is 0 Å². The Labute approximate surface area is 172 Å². The zero-order valence-electron chi connectivity index (χ0n) is 17.1. The van der Waals surface area contributed by atoms with Gasteiger partial charge < -0.3 is 14.6 Å². The number of carbonyl (C=O) groups is 2. The average Bonchev–Trinajstić information content (AvgIpc) is 3.00. The summed E-state index contributed by atoms with van der Waals surface area (Å²) in [7, 11) is 1.37. The molecule has 0 radical (unpaired) electrons. The van der Waals surface area contributed by atoms with Gasteiger partial charge in [0.1, 0.15) is 24.2 Å². The molecule has 2 rings (SSSR count). The molecule has 1 saturated carbocycles. The molecule has 0 aromatic heterocycles. The Hall–Kier alpha value is -2.62. The highest BCUT2D eigenvalue weighted by atomic mass is 16.5. The second kappa shape index (κ2) is 12.1. The van der Waals surface area contributed by atoms with Crippen molar-refractivity contribution in [3.05, 3.63) is 60.4 Å². The van der Waals surface area contributed by atoms with E-state index < -0.39 is 6.10 Å². The van der Waals surface area contributed by atoms with Crippen LogP contribution in [0.3, 0.4) is 0 Å². The Balaban J connectivity index is 1.86. The summed E-state index contributed by atoms with van der Waals surface area (Å²) in [6.45, 7) is 2.23. The number of aliphatic hydroxyl groups excluding tert-OH is 1. The van der Waals surface area contributed by atoms with Gasteiger partial charge in [-0.2, -0.15) is 0 Å². The van der Waals surface area contributed by atoms with Crippen molar-refractivity contribution in [1.29, 1.82) is 0 Å². The molecule has 1 aromatic rings. The highest BCUT2D eigenvalue weighted by Crippen LogP contribution is 2.37. The van der Waals surface area contributed by atoms with E-state index in [2.05, 4.69) is 17.4 Å². The maximum absolute atomic E-state index is 12.4. The Morgan fingerprint density at radius 3 is 2.79 bits per heavy atom. The maximum atomic E-state index is 12.4. The molecule has 4 unspecified atom stereocenters. The molecule has 0 spiro atoms. The maximum Gasteiger partial charge on any atom is 0.305 e.